The number of fused-ring (bicyclic) bond motifs is 1. The molecular formula is C19H14N2O2. The Bertz CT molecular complexity index is 965. The number of carbonyl (C=O) groups excluding carboxylic acids is 1. The topological polar surface area (TPSA) is 43.6 Å². The molecule has 23 heavy (non-hydrogen) atoms. The summed E-state index contributed by atoms with van der Waals surface area (Å²) in [6.07, 6.45) is 3.77. The van der Waals surface area contributed by atoms with Gasteiger partial charge in [-0.15, -0.1) is 0 Å². The van der Waals surface area contributed by atoms with Crippen LogP contribution in [0.2, 0.25) is 0 Å². The summed E-state index contributed by atoms with van der Waals surface area (Å²) in [5.74, 6) is -0.0705. The van der Waals surface area contributed by atoms with Crippen LogP contribution in [-0.2, 0) is 16.6 Å². The number of ether oxygens (including phenoxy) is 1. The van der Waals surface area contributed by atoms with Crippen molar-refractivity contribution in [3.63, 3.8) is 0 Å². The maximum Gasteiger partial charge on any atom is 0.363 e. The number of hydrogen-bond donors (Lipinski definition) is 0. The zero-order valence-electron chi connectivity index (χ0n) is 12.6. The maximum atomic E-state index is 12.1. The van der Waals surface area contributed by atoms with Crippen LogP contribution < -0.4 is 0 Å². The molecule has 1 aliphatic heterocycles. The number of carbonyl (C=O) groups is 1. The van der Waals surface area contributed by atoms with Gasteiger partial charge in [-0.25, -0.2) is 9.79 Å². The van der Waals surface area contributed by atoms with E-state index in [0.717, 1.165) is 22.0 Å². The minimum Gasteiger partial charge on any atom is -0.402 e. The highest BCUT2D eigenvalue weighted by Gasteiger charge is 2.24. The molecule has 3 aromatic rings. The smallest absolute Gasteiger partial charge is 0.363 e. The zero-order valence-corrected chi connectivity index (χ0v) is 12.6. The van der Waals surface area contributed by atoms with Crippen LogP contribution in [0.15, 0.2) is 71.5 Å². The number of rotatable bonds is 2. The molecule has 4 nitrogen and oxygen atoms in total. The molecule has 0 saturated carbocycles. The maximum absolute atomic E-state index is 12.1. The highest BCUT2D eigenvalue weighted by molar-refractivity contribution is 6.13. The Kier molecular flexibility index (Phi) is 3.08. The molecule has 1 aromatic heterocycles. The summed E-state index contributed by atoms with van der Waals surface area (Å²) in [7, 11) is 1.98. The summed E-state index contributed by atoms with van der Waals surface area (Å²) in [6.45, 7) is 0. The molecule has 2 heterocycles. The van der Waals surface area contributed by atoms with Gasteiger partial charge in [-0.2, -0.15) is 0 Å². The molecular weight excluding hydrogens is 288 g/mol. The summed E-state index contributed by atoms with van der Waals surface area (Å²) in [4.78, 5) is 16.4. The molecule has 4 rings (SSSR count). The van der Waals surface area contributed by atoms with Crippen LogP contribution >= 0.6 is 0 Å². The average molecular weight is 302 g/mol. The minimum atomic E-state index is -0.420. The van der Waals surface area contributed by atoms with Crippen LogP contribution in [0.4, 0.5) is 0 Å². The van der Waals surface area contributed by atoms with Gasteiger partial charge in [0, 0.05) is 35.3 Å². The van der Waals surface area contributed by atoms with E-state index in [1.807, 2.05) is 72.4 Å². The van der Waals surface area contributed by atoms with Crippen LogP contribution in [0.25, 0.3) is 17.0 Å². The fraction of sp³-hybridized carbons (Fsp3) is 0.0526. The van der Waals surface area contributed by atoms with Crippen molar-refractivity contribution in [2.24, 2.45) is 12.0 Å². The van der Waals surface area contributed by atoms with Gasteiger partial charge in [-0.1, -0.05) is 36.4 Å². The summed E-state index contributed by atoms with van der Waals surface area (Å²) in [5.41, 5.74) is 3.17. The lowest BCUT2D eigenvalue weighted by molar-refractivity contribution is -0.129. The highest BCUT2D eigenvalue weighted by Crippen LogP contribution is 2.25. The van der Waals surface area contributed by atoms with Crippen LogP contribution in [0.3, 0.4) is 0 Å². The molecule has 1 aliphatic rings. The van der Waals surface area contributed by atoms with Crippen molar-refractivity contribution in [2.75, 3.05) is 0 Å². The highest BCUT2D eigenvalue weighted by atomic mass is 16.6. The Morgan fingerprint density at radius 2 is 1.78 bits per heavy atom. The Morgan fingerprint density at radius 3 is 2.61 bits per heavy atom. The molecule has 0 unspecified atom stereocenters. The molecule has 4 heteroatoms. The van der Waals surface area contributed by atoms with Gasteiger partial charge in [0.2, 0.25) is 5.90 Å². The molecule has 0 fully saturated rings. The summed E-state index contributed by atoms with van der Waals surface area (Å²) in [5, 5.41) is 1.08. The van der Waals surface area contributed by atoms with Gasteiger partial charge < -0.3 is 9.30 Å². The number of aliphatic imine (C=N–C) groups is 1. The predicted octanol–water partition coefficient (Wildman–Crippen LogP) is 3.52. The molecule has 0 amide bonds. The van der Waals surface area contributed by atoms with Crippen molar-refractivity contribution in [3.8, 4) is 0 Å². The lowest BCUT2D eigenvalue weighted by Gasteiger charge is -1.97. The second kappa shape index (κ2) is 5.25. The van der Waals surface area contributed by atoms with Crippen molar-refractivity contribution in [1.29, 1.82) is 0 Å². The van der Waals surface area contributed by atoms with Crippen molar-refractivity contribution >= 4 is 28.8 Å². The van der Waals surface area contributed by atoms with E-state index in [9.17, 15) is 4.79 Å². The quantitative estimate of drug-likeness (QED) is 0.537. The van der Waals surface area contributed by atoms with Gasteiger partial charge in [0.25, 0.3) is 0 Å². The number of aryl methyl sites for hydroxylation is 1. The molecule has 0 atom stereocenters. The van der Waals surface area contributed by atoms with Gasteiger partial charge in [-0.3, -0.25) is 0 Å². The third-order valence-corrected chi connectivity index (χ3v) is 3.86. The lowest BCUT2D eigenvalue weighted by Crippen LogP contribution is -2.04. The number of hydrogen-bond acceptors (Lipinski definition) is 3. The second-order valence-corrected chi connectivity index (χ2v) is 5.41. The second-order valence-electron chi connectivity index (χ2n) is 5.41. The van der Waals surface area contributed by atoms with E-state index in [0.29, 0.717) is 11.6 Å². The van der Waals surface area contributed by atoms with Gasteiger partial charge in [0.15, 0.2) is 5.70 Å². The zero-order chi connectivity index (χ0) is 15.8. The number of nitrogens with zero attached hydrogens (tertiary/aromatic N) is 2. The third kappa shape index (κ3) is 2.34. The van der Waals surface area contributed by atoms with Crippen LogP contribution in [-0.4, -0.2) is 16.4 Å². The van der Waals surface area contributed by atoms with E-state index in [1.54, 1.807) is 6.08 Å². The van der Waals surface area contributed by atoms with Crippen LogP contribution in [0.5, 0.6) is 0 Å². The van der Waals surface area contributed by atoms with E-state index in [1.165, 1.54) is 0 Å². The van der Waals surface area contributed by atoms with E-state index in [2.05, 4.69) is 4.99 Å². The van der Waals surface area contributed by atoms with Gasteiger partial charge >= 0.3 is 5.97 Å². The standard InChI is InChI=1S/C19H14N2O2/c1-21-12-14(15-9-5-6-10-17(15)21)11-16-19(22)23-18(20-16)13-7-3-2-4-8-13/h2-12H,1H3. The molecule has 0 saturated heterocycles. The molecule has 2 aromatic carbocycles. The monoisotopic (exact) mass is 302 g/mol. The Labute approximate surface area is 133 Å². The first-order valence-electron chi connectivity index (χ1n) is 7.34. The minimum absolute atomic E-state index is 0.320. The SMILES string of the molecule is Cn1cc(C=C2N=C(c3ccccc3)OC2=O)c2ccccc21. The Morgan fingerprint density at radius 1 is 1.04 bits per heavy atom. The first-order chi connectivity index (χ1) is 11.2. The molecule has 0 bridgehead atoms. The molecule has 0 spiro atoms. The van der Waals surface area contributed by atoms with E-state index >= 15 is 0 Å². The fourth-order valence-corrected chi connectivity index (χ4v) is 2.75. The number of para-hydroxylation sites is 1. The first-order valence-corrected chi connectivity index (χ1v) is 7.34. The van der Waals surface area contributed by atoms with Crippen molar-refractivity contribution in [1.82, 2.24) is 4.57 Å². The van der Waals surface area contributed by atoms with Crippen LogP contribution in [0.1, 0.15) is 11.1 Å². The van der Waals surface area contributed by atoms with Crippen molar-refractivity contribution < 1.29 is 9.53 Å². The van der Waals surface area contributed by atoms with Crippen molar-refractivity contribution in [3.05, 3.63) is 77.6 Å². The first kappa shape index (κ1) is 13.5. The van der Waals surface area contributed by atoms with Gasteiger partial charge in [-0.05, 0) is 24.3 Å². The third-order valence-electron chi connectivity index (χ3n) is 3.86. The molecule has 112 valence electrons. The van der Waals surface area contributed by atoms with Gasteiger partial charge in [0.05, 0.1) is 0 Å². The Balaban J connectivity index is 1.79. The number of cyclic esters (lactones) is 1. The molecule has 0 radical (unpaired) electrons. The number of esters is 1. The fourth-order valence-electron chi connectivity index (χ4n) is 2.75. The number of aromatic nitrogens is 1. The van der Waals surface area contributed by atoms with E-state index < -0.39 is 5.97 Å². The predicted molar refractivity (Wildman–Crippen MR) is 90.0 cm³/mol. The lowest BCUT2D eigenvalue weighted by atomic mass is 10.1. The Hall–Kier alpha value is -3.14. The molecule has 0 N–H and O–H groups in total. The molecule has 0 aliphatic carbocycles. The van der Waals surface area contributed by atoms with Crippen molar-refractivity contribution in [2.45, 2.75) is 0 Å². The largest absolute Gasteiger partial charge is 0.402 e. The summed E-state index contributed by atoms with van der Waals surface area (Å²) < 4.78 is 7.32. The summed E-state index contributed by atoms with van der Waals surface area (Å²) in [6, 6.07) is 17.5. The summed E-state index contributed by atoms with van der Waals surface area (Å²) >= 11 is 0. The van der Waals surface area contributed by atoms with Crippen LogP contribution in [0, 0.1) is 0 Å². The van der Waals surface area contributed by atoms with Gasteiger partial charge in [0.1, 0.15) is 0 Å². The normalized spacial score (nSPS) is 16.0. The average Bonchev–Trinajstić information content (AvgIpc) is 3.10. The van der Waals surface area contributed by atoms with E-state index in [-0.39, 0.29) is 0 Å². The van der Waals surface area contributed by atoms with E-state index in [4.69, 9.17) is 4.74 Å². The number of benzene rings is 2.